The molecule has 0 bridgehead atoms. The molecule has 1 aromatic rings. The summed E-state index contributed by atoms with van der Waals surface area (Å²) in [6.45, 7) is 5.86. The Labute approximate surface area is 108 Å². The number of hydrogen-bond donors (Lipinski definition) is 1. The zero-order valence-electron chi connectivity index (χ0n) is 11.2. The maximum Gasteiger partial charge on any atom is 0.127 e. The van der Waals surface area contributed by atoms with E-state index in [9.17, 15) is 0 Å². The van der Waals surface area contributed by atoms with Crippen LogP contribution in [0.2, 0.25) is 0 Å². The van der Waals surface area contributed by atoms with Crippen LogP contribution in [0.1, 0.15) is 36.2 Å². The molecule has 2 N–H and O–H groups in total. The van der Waals surface area contributed by atoms with E-state index in [4.69, 9.17) is 15.2 Å². The van der Waals surface area contributed by atoms with E-state index in [-0.39, 0.29) is 6.10 Å². The Bertz CT molecular complexity index is 401. The van der Waals surface area contributed by atoms with Gasteiger partial charge in [-0.1, -0.05) is 0 Å². The van der Waals surface area contributed by atoms with Crippen molar-refractivity contribution in [2.75, 3.05) is 13.2 Å². The minimum Gasteiger partial charge on any atom is -0.490 e. The van der Waals surface area contributed by atoms with Crippen LogP contribution in [-0.4, -0.2) is 24.3 Å². The third-order valence-corrected chi connectivity index (χ3v) is 3.32. The average Bonchev–Trinajstić information content (AvgIpc) is 2.37. The maximum absolute atomic E-state index is 5.88. The first-order valence-corrected chi connectivity index (χ1v) is 6.62. The van der Waals surface area contributed by atoms with E-state index in [1.165, 1.54) is 6.42 Å². The van der Waals surface area contributed by atoms with Crippen LogP contribution in [0.15, 0.2) is 6.07 Å². The number of nitrogens with two attached hydrogens (primary N) is 1. The van der Waals surface area contributed by atoms with Gasteiger partial charge >= 0.3 is 0 Å². The number of nitrogens with zero attached hydrogens (tertiary/aromatic N) is 1. The average molecular weight is 250 g/mol. The highest BCUT2D eigenvalue weighted by molar-refractivity contribution is 5.37. The van der Waals surface area contributed by atoms with E-state index in [1.807, 2.05) is 19.9 Å². The van der Waals surface area contributed by atoms with Crippen LogP contribution in [0.3, 0.4) is 0 Å². The van der Waals surface area contributed by atoms with Crippen molar-refractivity contribution >= 4 is 0 Å². The van der Waals surface area contributed by atoms with Crippen LogP contribution >= 0.6 is 0 Å². The van der Waals surface area contributed by atoms with Crippen molar-refractivity contribution in [2.24, 2.45) is 5.73 Å². The minimum absolute atomic E-state index is 0.221. The Morgan fingerprint density at radius 3 is 2.94 bits per heavy atom. The van der Waals surface area contributed by atoms with E-state index in [1.54, 1.807) is 0 Å². The van der Waals surface area contributed by atoms with E-state index in [0.29, 0.717) is 13.2 Å². The molecule has 0 aromatic carbocycles. The lowest BCUT2D eigenvalue weighted by Crippen LogP contribution is -2.26. The summed E-state index contributed by atoms with van der Waals surface area (Å²) in [6.07, 6.45) is 3.70. The number of rotatable bonds is 4. The van der Waals surface area contributed by atoms with Crippen LogP contribution in [-0.2, 0) is 11.3 Å². The summed E-state index contributed by atoms with van der Waals surface area (Å²) in [6, 6.07) is 1.96. The molecule has 0 radical (unpaired) electrons. The van der Waals surface area contributed by atoms with E-state index >= 15 is 0 Å². The molecule has 1 aromatic heterocycles. The van der Waals surface area contributed by atoms with Gasteiger partial charge in [0.05, 0.1) is 6.10 Å². The summed E-state index contributed by atoms with van der Waals surface area (Å²) in [5, 5.41) is 0. The topological polar surface area (TPSA) is 57.4 Å². The number of ether oxygens (including phenoxy) is 2. The van der Waals surface area contributed by atoms with Crippen LogP contribution < -0.4 is 10.5 Å². The standard InChI is InChI=1S/C14H22N2O2/c1-10-7-14(13(8-15)11(2)16-10)18-9-12-5-3-4-6-17-12/h7,12H,3-6,8-9,15H2,1-2H3. The third kappa shape index (κ3) is 3.21. The fourth-order valence-corrected chi connectivity index (χ4v) is 2.32. The van der Waals surface area contributed by atoms with Gasteiger partial charge < -0.3 is 15.2 Å². The SMILES string of the molecule is Cc1cc(OCC2CCCCO2)c(CN)c(C)n1. The first-order chi connectivity index (χ1) is 8.70. The quantitative estimate of drug-likeness (QED) is 0.889. The highest BCUT2D eigenvalue weighted by Gasteiger charge is 2.16. The molecule has 1 aliphatic rings. The van der Waals surface area contributed by atoms with E-state index in [0.717, 1.165) is 42.1 Å². The molecule has 0 aliphatic carbocycles. The van der Waals surface area contributed by atoms with Crippen molar-refractivity contribution in [3.8, 4) is 5.75 Å². The molecule has 2 rings (SSSR count). The molecule has 18 heavy (non-hydrogen) atoms. The Morgan fingerprint density at radius 1 is 1.44 bits per heavy atom. The fraction of sp³-hybridized carbons (Fsp3) is 0.643. The normalized spacial score (nSPS) is 19.8. The third-order valence-electron chi connectivity index (χ3n) is 3.32. The minimum atomic E-state index is 0.221. The zero-order valence-corrected chi connectivity index (χ0v) is 11.2. The van der Waals surface area contributed by atoms with Gasteiger partial charge in [0.15, 0.2) is 0 Å². The first kappa shape index (κ1) is 13.3. The molecular formula is C14H22N2O2. The van der Waals surface area contributed by atoms with Gasteiger partial charge in [-0.2, -0.15) is 0 Å². The van der Waals surface area contributed by atoms with Gasteiger partial charge in [-0.05, 0) is 33.1 Å². The summed E-state index contributed by atoms with van der Waals surface area (Å²) >= 11 is 0. The number of aryl methyl sites for hydroxylation is 2. The molecule has 0 saturated carbocycles. The summed E-state index contributed by atoms with van der Waals surface area (Å²) in [5.74, 6) is 0.858. The molecule has 0 spiro atoms. The van der Waals surface area contributed by atoms with Gasteiger partial charge in [-0.25, -0.2) is 0 Å². The van der Waals surface area contributed by atoms with Crippen LogP contribution in [0.4, 0.5) is 0 Å². The van der Waals surface area contributed by atoms with Crippen molar-refractivity contribution in [1.82, 2.24) is 4.98 Å². The molecule has 2 heterocycles. The molecule has 1 atom stereocenters. The highest BCUT2D eigenvalue weighted by Crippen LogP contribution is 2.23. The van der Waals surface area contributed by atoms with E-state index in [2.05, 4.69) is 4.98 Å². The highest BCUT2D eigenvalue weighted by atomic mass is 16.5. The van der Waals surface area contributed by atoms with Gasteiger partial charge in [0, 0.05) is 36.2 Å². The van der Waals surface area contributed by atoms with Gasteiger partial charge in [-0.3, -0.25) is 4.98 Å². The lowest BCUT2D eigenvalue weighted by atomic mass is 10.1. The lowest BCUT2D eigenvalue weighted by molar-refractivity contribution is -0.0112. The predicted molar refractivity (Wildman–Crippen MR) is 70.7 cm³/mol. The van der Waals surface area contributed by atoms with E-state index < -0.39 is 0 Å². The van der Waals surface area contributed by atoms with Crippen molar-refractivity contribution in [2.45, 2.75) is 45.8 Å². The molecule has 4 nitrogen and oxygen atoms in total. The summed E-state index contributed by atoms with van der Waals surface area (Å²) < 4.78 is 11.5. The Kier molecular flexibility index (Phi) is 4.55. The monoisotopic (exact) mass is 250 g/mol. The second-order valence-corrected chi connectivity index (χ2v) is 4.83. The van der Waals surface area contributed by atoms with Gasteiger partial charge in [0.2, 0.25) is 0 Å². The fourth-order valence-electron chi connectivity index (χ4n) is 2.32. The molecule has 1 aliphatic heterocycles. The molecule has 0 amide bonds. The Hall–Kier alpha value is -1.13. The molecule has 1 fully saturated rings. The van der Waals surface area contributed by atoms with Gasteiger partial charge in [-0.15, -0.1) is 0 Å². The Balaban J connectivity index is 2.03. The lowest BCUT2D eigenvalue weighted by Gasteiger charge is -2.23. The number of pyridine rings is 1. The zero-order chi connectivity index (χ0) is 13.0. The molecule has 100 valence electrons. The summed E-state index contributed by atoms with van der Waals surface area (Å²) in [5.41, 5.74) is 8.67. The number of aromatic nitrogens is 1. The molecule has 4 heteroatoms. The second kappa shape index (κ2) is 6.16. The second-order valence-electron chi connectivity index (χ2n) is 4.83. The largest absolute Gasteiger partial charge is 0.490 e. The predicted octanol–water partition coefficient (Wildman–Crippen LogP) is 2.11. The van der Waals surface area contributed by atoms with Crippen molar-refractivity contribution in [1.29, 1.82) is 0 Å². The molecule has 1 unspecified atom stereocenters. The molecule has 1 saturated heterocycles. The summed E-state index contributed by atoms with van der Waals surface area (Å²) in [7, 11) is 0. The number of hydrogen-bond acceptors (Lipinski definition) is 4. The Morgan fingerprint density at radius 2 is 2.28 bits per heavy atom. The van der Waals surface area contributed by atoms with Crippen LogP contribution in [0.25, 0.3) is 0 Å². The maximum atomic E-state index is 5.88. The van der Waals surface area contributed by atoms with Crippen LogP contribution in [0.5, 0.6) is 5.75 Å². The van der Waals surface area contributed by atoms with Crippen LogP contribution in [0, 0.1) is 13.8 Å². The smallest absolute Gasteiger partial charge is 0.127 e. The van der Waals surface area contributed by atoms with Gasteiger partial charge in [0.1, 0.15) is 12.4 Å². The first-order valence-electron chi connectivity index (χ1n) is 6.62. The van der Waals surface area contributed by atoms with Crippen molar-refractivity contribution < 1.29 is 9.47 Å². The van der Waals surface area contributed by atoms with Gasteiger partial charge in [0.25, 0.3) is 0 Å². The van der Waals surface area contributed by atoms with Crippen molar-refractivity contribution in [3.05, 3.63) is 23.0 Å². The van der Waals surface area contributed by atoms with Crippen molar-refractivity contribution in [3.63, 3.8) is 0 Å². The molecular weight excluding hydrogens is 228 g/mol. The summed E-state index contributed by atoms with van der Waals surface area (Å²) in [4.78, 5) is 4.41.